The van der Waals surface area contributed by atoms with Crippen molar-refractivity contribution in [1.29, 1.82) is 0 Å². The van der Waals surface area contributed by atoms with Gasteiger partial charge in [0.1, 0.15) is 11.6 Å². The molecule has 4 aromatic rings. The summed E-state index contributed by atoms with van der Waals surface area (Å²) in [6, 6.07) is 20.5. The van der Waals surface area contributed by atoms with E-state index in [1.165, 1.54) is 12.1 Å². The zero-order chi connectivity index (χ0) is 19.5. The summed E-state index contributed by atoms with van der Waals surface area (Å²) in [5.74, 6) is 2.11. The van der Waals surface area contributed by atoms with Crippen molar-refractivity contribution in [3.05, 3.63) is 89.5 Å². The molecule has 0 atom stereocenters. The number of hydrogen-bond donors (Lipinski definition) is 0. The smallest absolute Gasteiger partial charge is 0.161 e. The van der Waals surface area contributed by atoms with Gasteiger partial charge in [-0.25, -0.2) is 9.37 Å². The fourth-order valence-electron chi connectivity index (χ4n) is 3.38. The lowest BCUT2D eigenvalue weighted by molar-refractivity contribution is 0.354. The molecule has 1 aromatic heterocycles. The van der Waals surface area contributed by atoms with Crippen molar-refractivity contribution >= 4 is 11.0 Å². The Hall–Kier alpha value is -3.34. The highest BCUT2D eigenvalue weighted by molar-refractivity contribution is 5.76. The van der Waals surface area contributed by atoms with Crippen LogP contribution >= 0.6 is 0 Å². The summed E-state index contributed by atoms with van der Waals surface area (Å²) in [6.45, 7) is 0.628. The molecule has 4 nitrogen and oxygen atoms in total. The average molecular weight is 376 g/mol. The van der Waals surface area contributed by atoms with Crippen LogP contribution in [-0.4, -0.2) is 23.8 Å². The molecule has 0 radical (unpaired) electrons. The maximum atomic E-state index is 13.3. The van der Waals surface area contributed by atoms with E-state index >= 15 is 0 Å². The minimum atomic E-state index is -0.232. The molecule has 0 aliphatic heterocycles. The van der Waals surface area contributed by atoms with Crippen molar-refractivity contribution in [3.8, 4) is 11.5 Å². The van der Waals surface area contributed by atoms with E-state index in [2.05, 4.69) is 10.6 Å². The first-order valence-electron chi connectivity index (χ1n) is 9.07. The SMILES string of the molecule is COc1ccc(Cc2nc3ccccc3n2Cc2ccc(F)cc2)cc1OC. The molecule has 1 heterocycles. The molecule has 4 rings (SSSR count). The van der Waals surface area contributed by atoms with Gasteiger partial charge in [-0.3, -0.25) is 0 Å². The Kier molecular flexibility index (Phi) is 4.98. The first kappa shape index (κ1) is 18.0. The summed E-state index contributed by atoms with van der Waals surface area (Å²) in [5.41, 5.74) is 4.11. The molecule has 0 bridgehead atoms. The van der Waals surface area contributed by atoms with Gasteiger partial charge in [0.2, 0.25) is 0 Å². The second-order valence-corrected chi connectivity index (χ2v) is 6.60. The van der Waals surface area contributed by atoms with Crippen molar-refractivity contribution < 1.29 is 13.9 Å². The third-order valence-electron chi connectivity index (χ3n) is 4.80. The van der Waals surface area contributed by atoms with Gasteiger partial charge in [-0.15, -0.1) is 0 Å². The van der Waals surface area contributed by atoms with Gasteiger partial charge < -0.3 is 14.0 Å². The number of methoxy groups -OCH3 is 2. The molecule has 0 saturated carbocycles. The number of rotatable bonds is 6. The maximum Gasteiger partial charge on any atom is 0.161 e. The molecular formula is C23H21FN2O2. The Bertz CT molecular complexity index is 1100. The summed E-state index contributed by atoms with van der Waals surface area (Å²) in [4.78, 5) is 4.84. The van der Waals surface area contributed by atoms with E-state index in [-0.39, 0.29) is 5.82 Å². The Morgan fingerprint density at radius 2 is 1.57 bits per heavy atom. The second-order valence-electron chi connectivity index (χ2n) is 6.60. The Balaban J connectivity index is 1.73. The lowest BCUT2D eigenvalue weighted by Gasteiger charge is -2.12. The lowest BCUT2D eigenvalue weighted by Crippen LogP contribution is -2.06. The Morgan fingerprint density at radius 1 is 0.857 bits per heavy atom. The van der Waals surface area contributed by atoms with Crippen LogP contribution in [0.25, 0.3) is 11.0 Å². The summed E-state index contributed by atoms with van der Waals surface area (Å²) in [6.07, 6.45) is 0.649. The van der Waals surface area contributed by atoms with Gasteiger partial charge in [0.15, 0.2) is 11.5 Å². The number of ether oxygens (including phenoxy) is 2. The average Bonchev–Trinajstić information content (AvgIpc) is 3.06. The van der Waals surface area contributed by atoms with Gasteiger partial charge in [0.25, 0.3) is 0 Å². The van der Waals surface area contributed by atoms with E-state index in [4.69, 9.17) is 14.5 Å². The van der Waals surface area contributed by atoms with E-state index < -0.39 is 0 Å². The van der Waals surface area contributed by atoms with Crippen molar-refractivity contribution in [2.24, 2.45) is 0 Å². The summed E-state index contributed by atoms with van der Waals surface area (Å²) in [5, 5.41) is 0. The zero-order valence-electron chi connectivity index (χ0n) is 15.9. The normalized spacial score (nSPS) is 11.0. The van der Waals surface area contributed by atoms with Crippen LogP contribution in [0.5, 0.6) is 11.5 Å². The highest BCUT2D eigenvalue weighted by Crippen LogP contribution is 2.29. The molecule has 0 saturated heterocycles. The number of aromatic nitrogens is 2. The molecule has 3 aromatic carbocycles. The molecule has 0 unspecified atom stereocenters. The third kappa shape index (κ3) is 3.56. The van der Waals surface area contributed by atoms with Gasteiger partial charge in [-0.1, -0.05) is 30.3 Å². The van der Waals surface area contributed by atoms with Gasteiger partial charge in [-0.2, -0.15) is 0 Å². The highest BCUT2D eigenvalue weighted by atomic mass is 19.1. The largest absolute Gasteiger partial charge is 0.493 e. The minimum absolute atomic E-state index is 0.232. The Labute approximate surface area is 163 Å². The van der Waals surface area contributed by atoms with Gasteiger partial charge >= 0.3 is 0 Å². The van der Waals surface area contributed by atoms with E-state index in [0.717, 1.165) is 28.0 Å². The first-order chi connectivity index (χ1) is 13.7. The molecule has 0 spiro atoms. The number of nitrogens with zero attached hydrogens (tertiary/aromatic N) is 2. The van der Waals surface area contributed by atoms with Crippen LogP contribution in [0.3, 0.4) is 0 Å². The topological polar surface area (TPSA) is 36.3 Å². The third-order valence-corrected chi connectivity index (χ3v) is 4.80. The van der Waals surface area contributed by atoms with E-state index in [0.29, 0.717) is 24.5 Å². The van der Waals surface area contributed by atoms with Crippen LogP contribution in [0.15, 0.2) is 66.7 Å². The number of hydrogen-bond acceptors (Lipinski definition) is 3. The summed E-state index contributed by atoms with van der Waals surface area (Å²) < 4.78 is 26.2. The minimum Gasteiger partial charge on any atom is -0.493 e. The number of para-hydroxylation sites is 2. The number of halogens is 1. The van der Waals surface area contributed by atoms with Crippen molar-refractivity contribution in [2.75, 3.05) is 14.2 Å². The second kappa shape index (κ2) is 7.72. The summed E-state index contributed by atoms with van der Waals surface area (Å²) in [7, 11) is 3.26. The standard InChI is InChI=1S/C23H21FN2O2/c1-27-21-12-9-17(13-22(21)28-2)14-23-25-19-5-3-4-6-20(19)26(23)15-16-7-10-18(24)11-8-16/h3-13H,14-15H2,1-2H3. The van der Waals surface area contributed by atoms with Crippen LogP contribution in [0, 0.1) is 5.82 Å². The number of benzene rings is 3. The van der Waals surface area contributed by atoms with Crippen molar-refractivity contribution in [2.45, 2.75) is 13.0 Å². The maximum absolute atomic E-state index is 13.3. The summed E-state index contributed by atoms with van der Waals surface area (Å²) >= 11 is 0. The van der Waals surface area contributed by atoms with Crippen LogP contribution in [0.1, 0.15) is 17.0 Å². The molecule has 5 heteroatoms. The van der Waals surface area contributed by atoms with Crippen LogP contribution < -0.4 is 9.47 Å². The van der Waals surface area contributed by atoms with Crippen LogP contribution in [0.4, 0.5) is 4.39 Å². The Morgan fingerprint density at radius 3 is 2.32 bits per heavy atom. The number of imidazole rings is 1. The zero-order valence-corrected chi connectivity index (χ0v) is 15.9. The van der Waals surface area contributed by atoms with Crippen LogP contribution in [0.2, 0.25) is 0 Å². The molecular weight excluding hydrogens is 355 g/mol. The number of fused-ring (bicyclic) bond motifs is 1. The van der Waals surface area contributed by atoms with Gasteiger partial charge in [0, 0.05) is 13.0 Å². The van der Waals surface area contributed by atoms with Gasteiger partial charge in [-0.05, 0) is 47.5 Å². The molecule has 0 amide bonds. The van der Waals surface area contributed by atoms with Crippen LogP contribution in [-0.2, 0) is 13.0 Å². The van der Waals surface area contributed by atoms with Crippen molar-refractivity contribution in [1.82, 2.24) is 9.55 Å². The van der Waals surface area contributed by atoms with E-state index in [1.54, 1.807) is 14.2 Å². The quantitative estimate of drug-likeness (QED) is 0.483. The van der Waals surface area contributed by atoms with E-state index in [9.17, 15) is 4.39 Å². The molecule has 0 aliphatic carbocycles. The molecule has 28 heavy (non-hydrogen) atoms. The first-order valence-corrected chi connectivity index (χ1v) is 9.07. The molecule has 0 aliphatic rings. The molecule has 0 N–H and O–H groups in total. The van der Waals surface area contributed by atoms with E-state index in [1.807, 2.05) is 48.5 Å². The van der Waals surface area contributed by atoms with Crippen molar-refractivity contribution in [3.63, 3.8) is 0 Å². The van der Waals surface area contributed by atoms with Gasteiger partial charge in [0.05, 0.1) is 25.3 Å². The fraction of sp³-hybridized carbons (Fsp3) is 0.174. The predicted molar refractivity (Wildman–Crippen MR) is 108 cm³/mol. The highest BCUT2D eigenvalue weighted by Gasteiger charge is 2.13. The predicted octanol–water partition coefficient (Wildman–Crippen LogP) is 4.83. The lowest BCUT2D eigenvalue weighted by atomic mass is 10.1. The molecule has 142 valence electrons. The molecule has 0 fully saturated rings. The fourth-order valence-corrected chi connectivity index (χ4v) is 3.38. The monoisotopic (exact) mass is 376 g/mol.